The van der Waals surface area contributed by atoms with Crippen molar-refractivity contribution >= 4 is 27.2 Å². The van der Waals surface area contributed by atoms with Gasteiger partial charge in [-0.1, -0.05) is 6.92 Å². The van der Waals surface area contributed by atoms with Gasteiger partial charge in [-0.25, -0.2) is 17.8 Å². The molecule has 112 valence electrons. The zero-order chi connectivity index (χ0) is 15.3. The summed E-state index contributed by atoms with van der Waals surface area (Å²) in [6.07, 6.45) is 2.05. The summed E-state index contributed by atoms with van der Waals surface area (Å²) in [5.74, 6) is 0.0250. The van der Waals surface area contributed by atoms with Crippen LogP contribution in [0.4, 0.5) is 21.6 Å². The van der Waals surface area contributed by atoms with E-state index >= 15 is 0 Å². The molecule has 0 fully saturated rings. The topological polar surface area (TPSA) is 71.1 Å². The first-order valence-electron chi connectivity index (χ1n) is 6.47. The molecule has 1 aromatic heterocycles. The summed E-state index contributed by atoms with van der Waals surface area (Å²) in [4.78, 5) is 4.03. The smallest absolute Gasteiger partial charge is 0.233 e. The molecular weight excluding hydrogens is 293 g/mol. The van der Waals surface area contributed by atoms with Gasteiger partial charge in [0.15, 0.2) is 0 Å². The van der Waals surface area contributed by atoms with Crippen LogP contribution in [0, 0.1) is 5.82 Å². The number of anilines is 3. The predicted molar refractivity (Wildman–Crippen MR) is 81.6 cm³/mol. The summed E-state index contributed by atoms with van der Waals surface area (Å²) in [7, 11) is -3.34. The van der Waals surface area contributed by atoms with Crippen LogP contribution in [0.3, 0.4) is 0 Å². The van der Waals surface area contributed by atoms with Crippen LogP contribution >= 0.6 is 0 Å². The van der Waals surface area contributed by atoms with Crippen molar-refractivity contribution in [1.82, 2.24) is 4.98 Å². The lowest BCUT2D eigenvalue weighted by atomic mass is 10.3. The van der Waals surface area contributed by atoms with Crippen LogP contribution in [-0.4, -0.2) is 19.2 Å². The third kappa shape index (κ3) is 4.71. The second-order valence-corrected chi connectivity index (χ2v) is 6.33. The predicted octanol–water partition coefficient (Wildman–Crippen LogP) is 3.12. The number of pyridine rings is 1. The molecule has 7 heteroatoms. The first kappa shape index (κ1) is 15.2. The first-order valence-corrected chi connectivity index (χ1v) is 8.13. The van der Waals surface area contributed by atoms with Gasteiger partial charge in [-0.05, 0) is 42.8 Å². The minimum atomic E-state index is -3.34. The molecule has 2 aromatic rings. The van der Waals surface area contributed by atoms with Crippen LogP contribution in [0.25, 0.3) is 0 Å². The van der Waals surface area contributed by atoms with Crippen molar-refractivity contribution in [1.29, 1.82) is 0 Å². The Balaban J connectivity index is 2.03. The highest BCUT2D eigenvalue weighted by Gasteiger charge is 2.09. The number of benzene rings is 1. The molecule has 1 heterocycles. The number of rotatable bonds is 6. The summed E-state index contributed by atoms with van der Waals surface area (Å²) in [5.41, 5.74) is 1.40. The van der Waals surface area contributed by atoms with Gasteiger partial charge in [0.2, 0.25) is 10.0 Å². The minimum absolute atomic E-state index is 0.0598. The number of nitrogens with one attached hydrogen (secondary N) is 2. The zero-order valence-electron chi connectivity index (χ0n) is 11.5. The van der Waals surface area contributed by atoms with E-state index in [2.05, 4.69) is 15.0 Å². The van der Waals surface area contributed by atoms with Crippen molar-refractivity contribution in [2.45, 2.75) is 13.3 Å². The largest absolute Gasteiger partial charge is 0.354 e. The Bertz CT molecular complexity index is 685. The fraction of sp³-hybridized carbons (Fsp3) is 0.214. The molecule has 0 amide bonds. The van der Waals surface area contributed by atoms with Gasteiger partial charge in [-0.15, -0.1) is 0 Å². The maximum absolute atomic E-state index is 12.8. The van der Waals surface area contributed by atoms with Crippen LogP contribution in [0.15, 0.2) is 42.6 Å². The van der Waals surface area contributed by atoms with Crippen molar-refractivity contribution in [3.63, 3.8) is 0 Å². The van der Waals surface area contributed by atoms with Crippen molar-refractivity contribution in [3.8, 4) is 0 Å². The van der Waals surface area contributed by atoms with Gasteiger partial charge in [-0.2, -0.15) is 0 Å². The molecule has 0 radical (unpaired) electrons. The first-order chi connectivity index (χ1) is 9.98. The monoisotopic (exact) mass is 309 g/mol. The third-order valence-electron chi connectivity index (χ3n) is 2.63. The molecule has 0 spiro atoms. The van der Waals surface area contributed by atoms with E-state index < -0.39 is 10.0 Å². The number of sulfonamides is 1. The maximum atomic E-state index is 12.8. The molecule has 0 bridgehead atoms. The van der Waals surface area contributed by atoms with E-state index in [9.17, 15) is 12.8 Å². The normalized spacial score (nSPS) is 11.1. The minimum Gasteiger partial charge on any atom is -0.354 e. The average molecular weight is 309 g/mol. The van der Waals surface area contributed by atoms with E-state index in [-0.39, 0.29) is 17.4 Å². The molecule has 21 heavy (non-hydrogen) atoms. The van der Waals surface area contributed by atoms with Gasteiger partial charge < -0.3 is 5.32 Å². The molecule has 5 nitrogen and oxygen atoms in total. The van der Waals surface area contributed by atoms with Crippen molar-refractivity contribution < 1.29 is 12.8 Å². The Morgan fingerprint density at radius 3 is 2.33 bits per heavy atom. The third-order valence-corrected chi connectivity index (χ3v) is 4.10. The van der Waals surface area contributed by atoms with Gasteiger partial charge in [0.1, 0.15) is 11.6 Å². The molecule has 0 aliphatic carbocycles. The highest BCUT2D eigenvalue weighted by atomic mass is 32.2. The van der Waals surface area contributed by atoms with Crippen LogP contribution in [-0.2, 0) is 10.0 Å². The van der Waals surface area contributed by atoms with E-state index in [1.54, 1.807) is 31.2 Å². The molecule has 2 N–H and O–H groups in total. The maximum Gasteiger partial charge on any atom is 0.233 e. The summed E-state index contributed by atoms with van der Waals surface area (Å²) < 4.78 is 38.4. The molecule has 0 atom stereocenters. The quantitative estimate of drug-likeness (QED) is 0.860. The van der Waals surface area contributed by atoms with Crippen LogP contribution in [0.5, 0.6) is 0 Å². The van der Waals surface area contributed by atoms with Gasteiger partial charge in [0.05, 0.1) is 17.6 Å². The second-order valence-electron chi connectivity index (χ2n) is 4.48. The fourth-order valence-corrected chi connectivity index (χ4v) is 2.79. The van der Waals surface area contributed by atoms with Gasteiger partial charge in [0.25, 0.3) is 0 Å². The van der Waals surface area contributed by atoms with E-state index in [4.69, 9.17) is 0 Å². The van der Waals surface area contributed by atoms with E-state index in [0.29, 0.717) is 12.1 Å². The van der Waals surface area contributed by atoms with E-state index in [1.165, 1.54) is 18.3 Å². The summed E-state index contributed by atoms with van der Waals surface area (Å²) >= 11 is 0. The van der Waals surface area contributed by atoms with Gasteiger partial charge in [-0.3, -0.25) is 4.72 Å². The lowest BCUT2D eigenvalue weighted by Crippen LogP contribution is -2.16. The van der Waals surface area contributed by atoms with Crippen molar-refractivity contribution in [3.05, 3.63) is 48.4 Å². The average Bonchev–Trinajstić information content (AvgIpc) is 2.43. The number of aromatic nitrogens is 1. The SMILES string of the molecule is CCCS(=O)(=O)Nc1ccc(Nc2ccc(F)cc2)cn1. The molecular formula is C14H16FN3O2S. The Morgan fingerprint density at radius 2 is 1.76 bits per heavy atom. The Morgan fingerprint density at radius 1 is 1.10 bits per heavy atom. The molecule has 0 aliphatic heterocycles. The van der Waals surface area contributed by atoms with E-state index in [1.807, 2.05) is 0 Å². The standard InChI is InChI=1S/C14H16FN3O2S/c1-2-9-21(19,20)18-14-8-7-13(10-16-14)17-12-5-3-11(15)4-6-12/h3-8,10,17H,2,9H2,1H3,(H,16,18). The van der Waals surface area contributed by atoms with E-state index in [0.717, 1.165) is 5.69 Å². The molecule has 0 saturated carbocycles. The number of hydrogen-bond donors (Lipinski definition) is 2. The number of nitrogens with zero attached hydrogens (tertiary/aromatic N) is 1. The lowest BCUT2D eigenvalue weighted by Gasteiger charge is -2.08. The Hall–Kier alpha value is -2.15. The molecule has 1 aromatic carbocycles. The van der Waals surface area contributed by atoms with Crippen molar-refractivity contribution in [2.75, 3.05) is 15.8 Å². The van der Waals surface area contributed by atoms with Crippen LogP contribution in [0.2, 0.25) is 0 Å². The zero-order valence-corrected chi connectivity index (χ0v) is 12.3. The number of hydrogen-bond acceptors (Lipinski definition) is 4. The lowest BCUT2D eigenvalue weighted by molar-refractivity contribution is 0.599. The molecule has 2 rings (SSSR count). The van der Waals surface area contributed by atoms with Crippen LogP contribution < -0.4 is 10.0 Å². The summed E-state index contributed by atoms with van der Waals surface area (Å²) in [5, 5.41) is 3.04. The van der Waals surface area contributed by atoms with Crippen LogP contribution in [0.1, 0.15) is 13.3 Å². The molecule has 0 saturated heterocycles. The second kappa shape index (κ2) is 6.53. The fourth-order valence-electron chi connectivity index (χ4n) is 1.71. The molecule has 0 aliphatic rings. The highest BCUT2D eigenvalue weighted by molar-refractivity contribution is 7.92. The summed E-state index contributed by atoms with van der Waals surface area (Å²) in [6.45, 7) is 1.79. The van der Waals surface area contributed by atoms with Gasteiger partial charge >= 0.3 is 0 Å². The van der Waals surface area contributed by atoms with Crippen molar-refractivity contribution in [2.24, 2.45) is 0 Å². The Kier molecular flexibility index (Phi) is 4.74. The number of halogens is 1. The molecule has 0 unspecified atom stereocenters. The highest BCUT2D eigenvalue weighted by Crippen LogP contribution is 2.17. The van der Waals surface area contributed by atoms with Gasteiger partial charge in [0, 0.05) is 5.69 Å². The Labute approximate surface area is 123 Å². The summed E-state index contributed by atoms with van der Waals surface area (Å²) in [6, 6.07) is 9.17.